The van der Waals surface area contributed by atoms with Crippen molar-refractivity contribution in [2.24, 2.45) is 0 Å². The van der Waals surface area contributed by atoms with Gasteiger partial charge in [-0.1, -0.05) is 25.0 Å². The van der Waals surface area contributed by atoms with Gasteiger partial charge in [-0.2, -0.15) is 13.2 Å². The maximum absolute atomic E-state index is 13.7. The lowest BCUT2D eigenvalue weighted by atomic mass is 10.1. The van der Waals surface area contributed by atoms with Gasteiger partial charge in [0.25, 0.3) is 11.8 Å². The van der Waals surface area contributed by atoms with Crippen LogP contribution in [0.25, 0.3) is 5.69 Å². The van der Waals surface area contributed by atoms with Crippen LogP contribution < -0.4 is 5.32 Å². The SMILES string of the molecule is O=C(O)C[C@H](CCN1CCCC(F)(F)C1)NC(=O)c1nc(C2CCCC2)n(-c2ccccc2C(F)(F)F)n1. The van der Waals surface area contributed by atoms with Gasteiger partial charge in [0.1, 0.15) is 5.82 Å². The fourth-order valence-corrected chi connectivity index (χ4v) is 5.21. The van der Waals surface area contributed by atoms with Gasteiger partial charge in [-0.15, -0.1) is 5.10 Å². The van der Waals surface area contributed by atoms with Crippen LogP contribution in [0.2, 0.25) is 0 Å². The lowest BCUT2D eigenvalue weighted by Crippen LogP contribution is -2.45. The third-order valence-electron chi connectivity index (χ3n) is 7.02. The first-order chi connectivity index (χ1) is 17.9. The molecule has 1 saturated heterocycles. The number of nitrogens with one attached hydrogen (secondary N) is 1. The van der Waals surface area contributed by atoms with Gasteiger partial charge in [0, 0.05) is 24.9 Å². The number of piperidine rings is 1. The molecule has 8 nitrogen and oxygen atoms in total. The second-order valence-electron chi connectivity index (χ2n) is 9.99. The number of para-hydroxylation sites is 1. The maximum Gasteiger partial charge on any atom is 0.418 e. The number of carbonyl (C=O) groups is 2. The van der Waals surface area contributed by atoms with Gasteiger partial charge in [-0.3, -0.25) is 14.5 Å². The van der Waals surface area contributed by atoms with E-state index in [0.29, 0.717) is 25.8 Å². The van der Waals surface area contributed by atoms with Crippen molar-refractivity contribution in [1.82, 2.24) is 25.0 Å². The highest BCUT2D eigenvalue weighted by atomic mass is 19.4. The van der Waals surface area contributed by atoms with Crippen molar-refractivity contribution in [2.75, 3.05) is 19.6 Å². The highest BCUT2D eigenvalue weighted by Gasteiger charge is 2.37. The van der Waals surface area contributed by atoms with Crippen molar-refractivity contribution in [3.63, 3.8) is 0 Å². The van der Waals surface area contributed by atoms with Crippen molar-refractivity contribution in [1.29, 1.82) is 0 Å². The highest BCUT2D eigenvalue weighted by molar-refractivity contribution is 5.91. The van der Waals surface area contributed by atoms with Gasteiger partial charge in [-0.25, -0.2) is 18.4 Å². The molecule has 2 aliphatic rings. The van der Waals surface area contributed by atoms with E-state index >= 15 is 0 Å². The minimum Gasteiger partial charge on any atom is -0.481 e. The molecule has 1 atom stereocenters. The number of rotatable bonds is 9. The first kappa shape index (κ1) is 27.9. The topological polar surface area (TPSA) is 100 Å². The number of amides is 1. The fraction of sp³-hybridized carbons (Fsp3) is 0.600. The van der Waals surface area contributed by atoms with Gasteiger partial charge < -0.3 is 10.4 Å². The molecule has 2 N–H and O–H groups in total. The average molecular weight is 544 g/mol. The predicted molar refractivity (Wildman–Crippen MR) is 126 cm³/mol. The number of carboxylic acids is 1. The Morgan fingerprint density at radius 2 is 1.87 bits per heavy atom. The number of aromatic nitrogens is 3. The summed E-state index contributed by atoms with van der Waals surface area (Å²) in [6.07, 6.45) is -1.78. The molecule has 2 aromatic rings. The third kappa shape index (κ3) is 6.86. The summed E-state index contributed by atoms with van der Waals surface area (Å²) in [7, 11) is 0. The van der Waals surface area contributed by atoms with Gasteiger partial charge in [0.05, 0.1) is 24.2 Å². The van der Waals surface area contributed by atoms with Crippen molar-refractivity contribution in [3.05, 3.63) is 41.5 Å². The van der Waals surface area contributed by atoms with E-state index in [9.17, 15) is 36.6 Å². The Bertz CT molecular complexity index is 1150. The lowest BCUT2D eigenvalue weighted by molar-refractivity contribution is -0.138. The predicted octanol–water partition coefficient (Wildman–Crippen LogP) is 4.64. The molecule has 2 heterocycles. The van der Waals surface area contributed by atoms with Crippen LogP contribution in [0.4, 0.5) is 22.0 Å². The maximum atomic E-state index is 13.7. The van der Waals surface area contributed by atoms with E-state index in [0.717, 1.165) is 23.6 Å². The Hall–Kier alpha value is -3.09. The quantitative estimate of drug-likeness (QED) is 0.447. The number of carboxylic acid groups (broad SMARTS) is 1. The highest BCUT2D eigenvalue weighted by Crippen LogP contribution is 2.38. The van der Waals surface area contributed by atoms with Crippen LogP contribution in [-0.4, -0.2) is 68.2 Å². The zero-order valence-electron chi connectivity index (χ0n) is 20.7. The van der Waals surface area contributed by atoms with E-state index in [2.05, 4.69) is 15.4 Å². The molecule has 1 amide bonds. The minimum atomic E-state index is -4.66. The molecule has 38 heavy (non-hydrogen) atoms. The van der Waals surface area contributed by atoms with Crippen molar-refractivity contribution < 1.29 is 36.6 Å². The van der Waals surface area contributed by atoms with Crippen LogP contribution in [0, 0.1) is 0 Å². The van der Waals surface area contributed by atoms with Crippen LogP contribution >= 0.6 is 0 Å². The van der Waals surface area contributed by atoms with Crippen LogP contribution in [-0.2, 0) is 11.0 Å². The summed E-state index contributed by atoms with van der Waals surface area (Å²) in [6.45, 7) is 0.163. The number of hydrogen-bond donors (Lipinski definition) is 2. The Morgan fingerprint density at radius 1 is 1.16 bits per heavy atom. The summed E-state index contributed by atoms with van der Waals surface area (Å²) < 4.78 is 69.8. The molecule has 208 valence electrons. The summed E-state index contributed by atoms with van der Waals surface area (Å²) in [5, 5.41) is 16.0. The molecule has 1 aliphatic heterocycles. The summed E-state index contributed by atoms with van der Waals surface area (Å²) in [5.74, 6) is -5.14. The van der Waals surface area contributed by atoms with E-state index < -0.39 is 48.5 Å². The molecule has 1 saturated carbocycles. The monoisotopic (exact) mass is 543 g/mol. The van der Waals surface area contributed by atoms with Crippen molar-refractivity contribution in [3.8, 4) is 5.69 Å². The van der Waals surface area contributed by atoms with E-state index in [4.69, 9.17) is 0 Å². The lowest BCUT2D eigenvalue weighted by Gasteiger charge is -2.33. The number of halogens is 5. The van der Waals surface area contributed by atoms with Gasteiger partial charge >= 0.3 is 12.1 Å². The van der Waals surface area contributed by atoms with E-state index in [1.807, 2.05) is 0 Å². The zero-order valence-corrected chi connectivity index (χ0v) is 20.7. The fourth-order valence-electron chi connectivity index (χ4n) is 5.21. The normalized spacial score (nSPS) is 19.4. The second-order valence-corrected chi connectivity index (χ2v) is 9.99. The molecule has 13 heteroatoms. The average Bonchev–Trinajstić information content (AvgIpc) is 3.51. The first-order valence-electron chi connectivity index (χ1n) is 12.7. The molecular formula is C25H30F5N5O3. The van der Waals surface area contributed by atoms with Gasteiger partial charge in [0.15, 0.2) is 0 Å². The smallest absolute Gasteiger partial charge is 0.418 e. The molecule has 0 spiro atoms. The van der Waals surface area contributed by atoms with E-state index in [-0.39, 0.29) is 42.6 Å². The number of benzene rings is 1. The Morgan fingerprint density at radius 3 is 2.53 bits per heavy atom. The number of hydrogen-bond acceptors (Lipinski definition) is 5. The molecule has 4 rings (SSSR count). The summed E-state index contributed by atoms with van der Waals surface area (Å²) >= 11 is 0. The molecule has 0 unspecified atom stereocenters. The molecule has 1 aliphatic carbocycles. The third-order valence-corrected chi connectivity index (χ3v) is 7.02. The number of alkyl halides is 5. The standard InChI is InChI=1S/C25H30F5N5O3/c26-24(27)11-5-12-34(15-24)13-10-17(14-20(36)37)31-23(38)21-32-22(16-6-1-2-7-16)35(33-21)19-9-4-3-8-18(19)25(28,29)30/h3-4,8-9,16-17H,1-2,5-7,10-15H2,(H,31,38)(H,36,37)/t17-/m0/s1. The molecule has 1 aromatic heterocycles. The van der Waals surface area contributed by atoms with Crippen LogP contribution in [0.3, 0.4) is 0 Å². The largest absolute Gasteiger partial charge is 0.481 e. The van der Waals surface area contributed by atoms with Crippen molar-refractivity contribution >= 4 is 11.9 Å². The van der Waals surface area contributed by atoms with E-state index in [1.54, 1.807) is 0 Å². The Labute approximate surface area is 216 Å². The van der Waals surface area contributed by atoms with E-state index in [1.165, 1.54) is 23.1 Å². The molecule has 1 aromatic carbocycles. The minimum absolute atomic E-state index is 0.0984. The second kappa shape index (κ2) is 11.3. The van der Waals surface area contributed by atoms with Crippen LogP contribution in [0.5, 0.6) is 0 Å². The van der Waals surface area contributed by atoms with Gasteiger partial charge in [-0.05, 0) is 44.4 Å². The molecule has 0 bridgehead atoms. The van der Waals surface area contributed by atoms with Gasteiger partial charge in [0.2, 0.25) is 5.82 Å². The van der Waals surface area contributed by atoms with Crippen LogP contribution in [0.15, 0.2) is 24.3 Å². The Kier molecular flexibility index (Phi) is 8.34. The number of likely N-dealkylation sites (tertiary alicyclic amines) is 1. The number of nitrogens with zero attached hydrogens (tertiary/aromatic N) is 4. The van der Waals surface area contributed by atoms with Crippen LogP contribution in [0.1, 0.15) is 79.3 Å². The molecule has 0 radical (unpaired) electrons. The summed E-state index contributed by atoms with van der Waals surface area (Å²) in [5.41, 5.74) is -1.17. The summed E-state index contributed by atoms with van der Waals surface area (Å²) in [6, 6.07) is 4.00. The molecule has 2 fully saturated rings. The van der Waals surface area contributed by atoms with Crippen molar-refractivity contribution in [2.45, 2.75) is 75.4 Å². The number of carbonyl (C=O) groups excluding carboxylic acids is 1. The first-order valence-corrected chi connectivity index (χ1v) is 12.7. The zero-order chi connectivity index (χ0) is 27.5. The molecular weight excluding hydrogens is 513 g/mol. The summed E-state index contributed by atoms with van der Waals surface area (Å²) in [4.78, 5) is 30.3. The Balaban J connectivity index is 1.57. The number of aliphatic carboxylic acids is 1.